The summed E-state index contributed by atoms with van der Waals surface area (Å²) in [6, 6.07) is 5.43. The van der Waals surface area contributed by atoms with Gasteiger partial charge in [-0.3, -0.25) is 14.6 Å². The SMILES string of the molecule is CS(=O)(=O)CCn1c(-c2ccccn2)n[nH]c1=S. The molecule has 0 aliphatic heterocycles. The van der Waals surface area contributed by atoms with Crippen molar-refractivity contribution in [3.05, 3.63) is 29.2 Å². The van der Waals surface area contributed by atoms with E-state index in [9.17, 15) is 8.42 Å². The summed E-state index contributed by atoms with van der Waals surface area (Å²) < 4.78 is 24.4. The predicted molar refractivity (Wildman–Crippen MR) is 70.4 cm³/mol. The molecule has 2 rings (SSSR count). The Morgan fingerprint density at radius 1 is 1.44 bits per heavy atom. The van der Waals surface area contributed by atoms with Crippen LogP contribution in [0.3, 0.4) is 0 Å². The van der Waals surface area contributed by atoms with E-state index < -0.39 is 9.84 Å². The van der Waals surface area contributed by atoms with Gasteiger partial charge in [-0.1, -0.05) is 6.07 Å². The highest BCUT2D eigenvalue weighted by molar-refractivity contribution is 7.90. The number of aromatic nitrogens is 4. The highest BCUT2D eigenvalue weighted by Gasteiger charge is 2.11. The Kier molecular flexibility index (Phi) is 3.58. The zero-order valence-electron chi connectivity index (χ0n) is 9.70. The second-order valence-corrected chi connectivity index (χ2v) is 6.50. The lowest BCUT2D eigenvalue weighted by atomic mass is 10.3. The Balaban J connectivity index is 2.37. The van der Waals surface area contributed by atoms with Crippen molar-refractivity contribution in [1.29, 1.82) is 0 Å². The third kappa shape index (κ3) is 3.02. The third-order valence-electron chi connectivity index (χ3n) is 2.34. The Hall–Kier alpha value is -1.54. The minimum Gasteiger partial charge on any atom is -0.298 e. The van der Waals surface area contributed by atoms with Gasteiger partial charge in [-0.15, -0.1) is 0 Å². The van der Waals surface area contributed by atoms with Crippen molar-refractivity contribution >= 4 is 22.1 Å². The smallest absolute Gasteiger partial charge is 0.195 e. The average molecular weight is 284 g/mol. The van der Waals surface area contributed by atoms with Gasteiger partial charge in [0.2, 0.25) is 0 Å². The maximum atomic E-state index is 11.2. The second kappa shape index (κ2) is 4.99. The van der Waals surface area contributed by atoms with E-state index in [1.165, 1.54) is 6.26 Å². The molecule has 0 spiro atoms. The number of nitrogens with one attached hydrogen (secondary N) is 1. The normalized spacial score (nSPS) is 11.6. The van der Waals surface area contributed by atoms with E-state index in [2.05, 4.69) is 15.2 Å². The molecule has 0 saturated heterocycles. The van der Waals surface area contributed by atoms with Gasteiger partial charge in [0.05, 0.1) is 5.75 Å². The van der Waals surface area contributed by atoms with E-state index in [1.807, 2.05) is 6.07 Å². The molecule has 18 heavy (non-hydrogen) atoms. The van der Waals surface area contributed by atoms with E-state index in [0.29, 0.717) is 16.3 Å². The van der Waals surface area contributed by atoms with Gasteiger partial charge in [0, 0.05) is 19.0 Å². The quantitative estimate of drug-likeness (QED) is 0.849. The van der Waals surface area contributed by atoms with Gasteiger partial charge in [-0.25, -0.2) is 8.42 Å². The summed E-state index contributed by atoms with van der Waals surface area (Å²) in [5, 5.41) is 6.73. The molecule has 96 valence electrons. The fourth-order valence-electron chi connectivity index (χ4n) is 1.47. The van der Waals surface area contributed by atoms with E-state index in [1.54, 1.807) is 22.9 Å². The summed E-state index contributed by atoms with van der Waals surface area (Å²) in [7, 11) is -3.05. The van der Waals surface area contributed by atoms with Crippen LogP contribution >= 0.6 is 12.2 Å². The zero-order chi connectivity index (χ0) is 13.2. The van der Waals surface area contributed by atoms with Gasteiger partial charge in [0.1, 0.15) is 15.5 Å². The van der Waals surface area contributed by atoms with Crippen molar-refractivity contribution in [1.82, 2.24) is 19.7 Å². The molecule has 0 fully saturated rings. The highest BCUT2D eigenvalue weighted by Crippen LogP contribution is 2.13. The Labute approximate surface area is 110 Å². The number of sulfone groups is 1. The van der Waals surface area contributed by atoms with Gasteiger partial charge in [0.25, 0.3) is 0 Å². The molecule has 0 atom stereocenters. The van der Waals surface area contributed by atoms with Gasteiger partial charge in [-0.2, -0.15) is 5.10 Å². The summed E-state index contributed by atoms with van der Waals surface area (Å²) >= 11 is 5.08. The van der Waals surface area contributed by atoms with Crippen molar-refractivity contribution < 1.29 is 8.42 Å². The third-order valence-corrected chi connectivity index (χ3v) is 3.57. The zero-order valence-corrected chi connectivity index (χ0v) is 11.3. The number of nitrogens with zero attached hydrogens (tertiary/aromatic N) is 3. The first kappa shape index (κ1) is 12.9. The van der Waals surface area contributed by atoms with Crippen molar-refractivity contribution in [3.63, 3.8) is 0 Å². The first-order valence-electron chi connectivity index (χ1n) is 5.22. The molecule has 8 heteroatoms. The molecule has 0 radical (unpaired) electrons. The fourth-order valence-corrected chi connectivity index (χ4v) is 2.21. The van der Waals surface area contributed by atoms with Gasteiger partial charge >= 0.3 is 0 Å². The van der Waals surface area contributed by atoms with E-state index in [-0.39, 0.29) is 12.3 Å². The minimum atomic E-state index is -3.05. The molecular formula is C10H12N4O2S2. The lowest BCUT2D eigenvalue weighted by Gasteiger charge is -2.05. The van der Waals surface area contributed by atoms with Crippen LogP contribution in [0.25, 0.3) is 11.5 Å². The van der Waals surface area contributed by atoms with Crippen LogP contribution in [0.4, 0.5) is 0 Å². The molecule has 2 aromatic heterocycles. The first-order chi connectivity index (χ1) is 8.47. The summed E-state index contributed by atoms with van der Waals surface area (Å²) in [6.45, 7) is 0.264. The number of hydrogen-bond donors (Lipinski definition) is 1. The van der Waals surface area contributed by atoms with Crippen LogP contribution in [0.2, 0.25) is 0 Å². The van der Waals surface area contributed by atoms with Crippen molar-refractivity contribution in [2.75, 3.05) is 12.0 Å². The number of pyridine rings is 1. The monoisotopic (exact) mass is 284 g/mol. The molecule has 0 amide bonds. The molecule has 0 aliphatic rings. The summed E-state index contributed by atoms with van der Waals surface area (Å²) in [4.78, 5) is 4.17. The van der Waals surface area contributed by atoms with Crippen LogP contribution < -0.4 is 0 Å². The topological polar surface area (TPSA) is 80.6 Å². The van der Waals surface area contributed by atoms with Crippen LogP contribution in [-0.4, -0.2) is 40.2 Å². The van der Waals surface area contributed by atoms with Gasteiger partial charge < -0.3 is 0 Å². The molecule has 1 N–H and O–H groups in total. The fraction of sp³-hybridized carbons (Fsp3) is 0.300. The van der Waals surface area contributed by atoms with E-state index in [0.717, 1.165) is 0 Å². The highest BCUT2D eigenvalue weighted by atomic mass is 32.2. The maximum absolute atomic E-state index is 11.2. The van der Waals surface area contributed by atoms with E-state index in [4.69, 9.17) is 12.2 Å². The largest absolute Gasteiger partial charge is 0.298 e. The van der Waals surface area contributed by atoms with Gasteiger partial charge in [0.15, 0.2) is 10.6 Å². The Morgan fingerprint density at radius 3 is 2.83 bits per heavy atom. The molecule has 2 aromatic rings. The van der Waals surface area contributed by atoms with Crippen LogP contribution in [0.15, 0.2) is 24.4 Å². The van der Waals surface area contributed by atoms with Gasteiger partial charge in [-0.05, 0) is 24.4 Å². The minimum absolute atomic E-state index is 0.0146. The molecule has 0 saturated carbocycles. The molecule has 0 unspecified atom stereocenters. The van der Waals surface area contributed by atoms with Crippen LogP contribution in [0.5, 0.6) is 0 Å². The molecule has 0 bridgehead atoms. The van der Waals surface area contributed by atoms with Crippen LogP contribution in [0, 0.1) is 4.77 Å². The number of H-pyrrole nitrogens is 1. The molecular weight excluding hydrogens is 272 g/mol. The van der Waals surface area contributed by atoms with E-state index >= 15 is 0 Å². The van der Waals surface area contributed by atoms with Crippen molar-refractivity contribution in [2.45, 2.75) is 6.54 Å². The standard InChI is InChI=1S/C10H12N4O2S2/c1-18(15,16)7-6-14-9(12-13-10(14)17)8-4-2-3-5-11-8/h2-5H,6-7H2,1H3,(H,13,17). The summed E-state index contributed by atoms with van der Waals surface area (Å²) in [5.41, 5.74) is 0.651. The molecule has 0 aromatic carbocycles. The number of hydrogen-bond acceptors (Lipinski definition) is 5. The number of rotatable bonds is 4. The number of aromatic amines is 1. The van der Waals surface area contributed by atoms with Crippen LogP contribution in [-0.2, 0) is 16.4 Å². The van der Waals surface area contributed by atoms with Crippen LogP contribution in [0.1, 0.15) is 0 Å². The van der Waals surface area contributed by atoms with Crippen molar-refractivity contribution in [3.8, 4) is 11.5 Å². The average Bonchev–Trinajstić information content (AvgIpc) is 2.68. The van der Waals surface area contributed by atoms with Crippen molar-refractivity contribution in [2.24, 2.45) is 0 Å². The second-order valence-electron chi connectivity index (χ2n) is 3.85. The maximum Gasteiger partial charge on any atom is 0.195 e. The first-order valence-corrected chi connectivity index (χ1v) is 7.68. The summed E-state index contributed by atoms with van der Waals surface area (Å²) in [5.74, 6) is 0.560. The Bertz CT molecular complexity index is 688. The Morgan fingerprint density at radius 2 is 2.22 bits per heavy atom. The summed E-state index contributed by atoms with van der Waals surface area (Å²) in [6.07, 6.45) is 2.84. The predicted octanol–water partition coefficient (Wildman–Crippen LogP) is 1.05. The lowest BCUT2D eigenvalue weighted by Crippen LogP contribution is -2.12. The molecule has 0 aliphatic carbocycles. The molecule has 2 heterocycles. The lowest BCUT2D eigenvalue weighted by molar-refractivity contribution is 0.594. The molecule has 6 nitrogen and oxygen atoms in total.